The van der Waals surface area contributed by atoms with Crippen molar-refractivity contribution in [3.05, 3.63) is 31.8 Å². The first-order valence-electron chi connectivity index (χ1n) is 6.50. The molecule has 1 amide bonds. The summed E-state index contributed by atoms with van der Waals surface area (Å²) in [5, 5.41) is 9.14. The van der Waals surface area contributed by atoms with Crippen LogP contribution in [0.15, 0.2) is 22.7 Å². The van der Waals surface area contributed by atoms with E-state index >= 15 is 0 Å². The number of aliphatic hydroxyl groups excluding tert-OH is 1. The van der Waals surface area contributed by atoms with E-state index in [0.717, 1.165) is 39.4 Å². The van der Waals surface area contributed by atoms with Gasteiger partial charge in [0.05, 0.1) is 5.56 Å². The zero-order valence-corrected chi connectivity index (χ0v) is 14.4. The maximum atomic E-state index is 12.7. The lowest BCUT2D eigenvalue weighted by Gasteiger charge is -2.35. The van der Waals surface area contributed by atoms with Crippen LogP contribution in [0.25, 0.3) is 0 Å². The van der Waals surface area contributed by atoms with Gasteiger partial charge in [-0.25, -0.2) is 0 Å². The molecule has 1 saturated heterocycles. The molecule has 2 rings (SSSR count). The second kappa shape index (κ2) is 7.04. The number of hydrogen-bond acceptors (Lipinski definition) is 2. The van der Waals surface area contributed by atoms with Gasteiger partial charge in [-0.05, 0) is 82.4 Å². The fraction of sp³-hybridized carbons (Fsp3) is 0.500. The van der Waals surface area contributed by atoms with E-state index in [-0.39, 0.29) is 18.6 Å². The van der Waals surface area contributed by atoms with Crippen molar-refractivity contribution in [3.63, 3.8) is 0 Å². The number of hydrogen-bond donors (Lipinski definition) is 1. The molecule has 104 valence electrons. The first kappa shape index (κ1) is 15.3. The van der Waals surface area contributed by atoms with Crippen LogP contribution in [0.1, 0.15) is 36.0 Å². The normalized spacial score (nSPS) is 19.5. The van der Waals surface area contributed by atoms with Crippen LogP contribution in [-0.2, 0) is 0 Å². The number of likely N-dealkylation sites (tertiary alicyclic amines) is 1. The summed E-state index contributed by atoms with van der Waals surface area (Å²) in [6, 6.07) is 5.98. The molecular formula is C14H17BrINO2. The van der Waals surface area contributed by atoms with Crippen LogP contribution in [0.2, 0.25) is 0 Å². The minimum absolute atomic E-state index is 0.0727. The van der Waals surface area contributed by atoms with Crippen LogP contribution in [0, 0.1) is 3.57 Å². The van der Waals surface area contributed by atoms with Crippen molar-refractivity contribution in [1.29, 1.82) is 0 Å². The highest BCUT2D eigenvalue weighted by Crippen LogP contribution is 2.26. The number of carbonyl (C=O) groups excluding carboxylic acids is 1. The fourth-order valence-corrected chi connectivity index (χ4v) is 3.44. The minimum atomic E-state index is 0.0727. The average molecular weight is 438 g/mol. The quantitative estimate of drug-likeness (QED) is 0.736. The number of aliphatic hydroxyl groups is 1. The maximum absolute atomic E-state index is 12.7. The average Bonchev–Trinajstić information content (AvgIpc) is 2.42. The van der Waals surface area contributed by atoms with Gasteiger partial charge in [0.1, 0.15) is 0 Å². The lowest BCUT2D eigenvalue weighted by Crippen LogP contribution is -2.44. The Morgan fingerprint density at radius 1 is 1.47 bits per heavy atom. The number of rotatable bonds is 3. The summed E-state index contributed by atoms with van der Waals surface area (Å²) in [6.07, 6.45) is 3.86. The SMILES string of the molecule is O=C(c1cc(I)ccc1Br)N1CCCCC1CCO. The van der Waals surface area contributed by atoms with Gasteiger partial charge in [-0.3, -0.25) is 4.79 Å². The summed E-state index contributed by atoms with van der Waals surface area (Å²) in [6.45, 7) is 0.934. The van der Waals surface area contributed by atoms with Gasteiger partial charge in [-0.1, -0.05) is 0 Å². The Bertz CT molecular complexity index is 465. The molecule has 1 aliphatic rings. The second-order valence-corrected chi connectivity index (χ2v) is 6.88. The Balaban J connectivity index is 2.23. The lowest BCUT2D eigenvalue weighted by atomic mass is 9.98. The van der Waals surface area contributed by atoms with Crippen molar-refractivity contribution in [2.45, 2.75) is 31.7 Å². The summed E-state index contributed by atoms with van der Waals surface area (Å²) >= 11 is 5.67. The highest BCUT2D eigenvalue weighted by molar-refractivity contribution is 14.1. The predicted molar refractivity (Wildman–Crippen MR) is 87.2 cm³/mol. The summed E-state index contributed by atoms with van der Waals surface area (Å²) in [4.78, 5) is 14.6. The molecular weight excluding hydrogens is 421 g/mol. The van der Waals surface area contributed by atoms with E-state index in [0.29, 0.717) is 6.42 Å². The standard InChI is InChI=1S/C14H17BrINO2/c15-13-5-4-10(16)9-12(13)14(19)17-7-2-1-3-11(17)6-8-18/h4-5,9,11,18H,1-3,6-8H2. The number of halogens is 2. The van der Waals surface area contributed by atoms with Crippen LogP contribution in [-0.4, -0.2) is 35.1 Å². The molecule has 0 spiro atoms. The predicted octanol–water partition coefficient (Wildman–Crippen LogP) is 3.43. The van der Waals surface area contributed by atoms with Gasteiger partial charge >= 0.3 is 0 Å². The molecule has 1 heterocycles. The smallest absolute Gasteiger partial charge is 0.255 e. The monoisotopic (exact) mass is 437 g/mol. The third kappa shape index (κ3) is 3.70. The van der Waals surface area contributed by atoms with Gasteiger partial charge in [0.15, 0.2) is 0 Å². The number of amides is 1. The number of piperidine rings is 1. The van der Waals surface area contributed by atoms with E-state index < -0.39 is 0 Å². The van der Waals surface area contributed by atoms with E-state index in [1.807, 2.05) is 23.1 Å². The highest BCUT2D eigenvalue weighted by Gasteiger charge is 2.28. The fourth-order valence-electron chi connectivity index (χ4n) is 2.53. The van der Waals surface area contributed by atoms with Gasteiger partial charge in [-0.2, -0.15) is 0 Å². The van der Waals surface area contributed by atoms with Crippen LogP contribution in [0.5, 0.6) is 0 Å². The van der Waals surface area contributed by atoms with E-state index in [4.69, 9.17) is 5.11 Å². The summed E-state index contributed by atoms with van der Waals surface area (Å²) in [5.41, 5.74) is 0.719. The van der Waals surface area contributed by atoms with Gasteiger partial charge in [0.25, 0.3) is 5.91 Å². The highest BCUT2D eigenvalue weighted by atomic mass is 127. The Kier molecular flexibility index (Phi) is 5.65. The third-order valence-electron chi connectivity index (χ3n) is 3.51. The van der Waals surface area contributed by atoms with E-state index in [2.05, 4.69) is 38.5 Å². The summed E-state index contributed by atoms with van der Waals surface area (Å²) in [7, 11) is 0. The molecule has 1 aromatic carbocycles. The minimum Gasteiger partial charge on any atom is -0.396 e. The van der Waals surface area contributed by atoms with Crippen molar-refractivity contribution in [2.24, 2.45) is 0 Å². The maximum Gasteiger partial charge on any atom is 0.255 e. The van der Waals surface area contributed by atoms with Gasteiger partial charge in [0, 0.05) is 27.2 Å². The van der Waals surface area contributed by atoms with Crippen molar-refractivity contribution in [1.82, 2.24) is 4.90 Å². The largest absolute Gasteiger partial charge is 0.396 e. The Morgan fingerprint density at radius 3 is 3.00 bits per heavy atom. The van der Waals surface area contributed by atoms with Crippen LogP contribution < -0.4 is 0 Å². The second-order valence-electron chi connectivity index (χ2n) is 4.78. The van der Waals surface area contributed by atoms with Crippen molar-refractivity contribution in [2.75, 3.05) is 13.2 Å². The number of carbonyl (C=O) groups is 1. The molecule has 0 aliphatic carbocycles. The molecule has 0 saturated carbocycles. The summed E-state index contributed by atoms with van der Waals surface area (Å²) < 4.78 is 1.89. The van der Waals surface area contributed by atoms with Crippen LogP contribution in [0.3, 0.4) is 0 Å². The topological polar surface area (TPSA) is 40.5 Å². The Morgan fingerprint density at radius 2 is 2.26 bits per heavy atom. The number of benzene rings is 1. The van der Waals surface area contributed by atoms with Gasteiger partial charge < -0.3 is 10.0 Å². The van der Waals surface area contributed by atoms with Crippen LogP contribution >= 0.6 is 38.5 Å². The molecule has 1 atom stereocenters. The van der Waals surface area contributed by atoms with E-state index in [1.54, 1.807) is 0 Å². The third-order valence-corrected chi connectivity index (χ3v) is 4.87. The molecule has 19 heavy (non-hydrogen) atoms. The number of nitrogens with zero attached hydrogens (tertiary/aromatic N) is 1. The van der Waals surface area contributed by atoms with Crippen LogP contribution in [0.4, 0.5) is 0 Å². The summed E-state index contributed by atoms with van der Waals surface area (Å²) in [5.74, 6) is 0.0727. The van der Waals surface area contributed by atoms with Crippen molar-refractivity contribution < 1.29 is 9.90 Å². The molecule has 1 N–H and O–H groups in total. The molecule has 3 nitrogen and oxygen atoms in total. The molecule has 0 bridgehead atoms. The zero-order valence-electron chi connectivity index (χ0n) is 10.6. The first-order valence-corrected chi connectivity index (χ1v) is 8.37. The Labute approximate surface area is 135 Å². The molecule has 5 heteroatoms. The first-order chi connectivity index (χ1) is 9.13. The molecule has 1 fully saturated rings. The van der Waals surface area contributed by atoms with Crippen molar-refractivity contribution in [3.8, 4) is 0 Å². The molecule has 1 aliphatic heterocycles. The zero-order chi connectivity index (χ0) is 13.8. The van der Waals surface area contributed by atoms with Crippen molar-refractivity contribution >= 4 is 44.4 Å². The molecule has 1 aromatic rings. The van der Waals surface area contributed by atoms with E-state index in [9.17, 15) is 4.79 Å². The van der Waals surface area contributed by atoms with Gasteiger partial charge in [-0.15, -0.1) is 0 Å². The van der Waals surface area contributed by atoms with Gasteiger partial charge in [0.2, 0.25) is 0 Å². The Hall–Kier alpha value is -0.140. The molecule has 1 unspecified atom stereocenters. The lowest BCUT2D eigenvalue weighted by molar-refractivity contribution is 0.0573. The van der Waals surface area contributed by atoms with E-state index in [1.165, 1.54) is 0 Å². The molecule has 0 aromatic heterocycles. The molecule has 0 radical (unpaired) electrons.